The van der Waals surface area contributed by atoms with Crippen molar-refractivity contribution < 1.29 is 22.0 Å². The summed E-state index contributed by atoms with van der Waals surface area (Å²) in [6.07, 6.45) is 0.621. The third kappa shape index (κ3) is 5.25. The number of hydrogen-bond donors (Lipinski definition) is 1. The Bertz CT molecular complexity index is 1010. The van der Waals surface area contributed by atoms with Crippen LogP contribution in [0.3, 0.4) is 0 Å². The van der Waals surface area contributed by atoms with E-state index < -0.39 is 27.6 Å². The van der Waals surface area contributed by atoms with Crippen LogP contribution in [0.5, 0.6) is 0 Å². The van der Waals surface area contributed by atoms with Crippen molar-refractivity contribution in [3.8, 4) is 0 Å². The van der Waals surface area contributed by atoms with Crippen LogP contribution in [0.1, 0.15) is 18.4 Å². The van der Waals surface area contributed by atoms with Crippen LogP contribution in [-0.2, 0) is 21.4 Å². The highest BCUT2D eigenvalue weighted by Crippen LogP contribution is 2.28. The van der Waals surface area contributed by atoms with Crippen molar-refractivity contribution >= 4 is 39.1 Å². The van der Waals surface area contributed by atoms with E-state index in [0.29, 0.717) is 12.8 Å². The standard InChI is InChI=1S/C19H18Cl2F2N2O3S/c20-14-8-15(21)10-17(9-14)29(27,28)25-5-3-12(4-6-25)19(26)24-11-13-7-16(22)1-2-18(13)23/h1-2,7-10,12H,3-6,11H2,(H,24,26). The summed E-state index contributed by atoms with van der Waals surface area (Å²) in [5, 5.41) is 3.02. The molecule has 29 heavy (non-hydrogen) atoms. The summed E-state index contributed by atoms with van der Waals surface area (Å²) >= 11 is 11.8. The van der Waals surface area contributed by atoms with Crippen LogP contribution >= 0.6 is 23.2 Å². The Kier molecular flexibility index (Phi) is 6.78. The summed E-state index contributed by atoms with van der Waals surface area (Å²) in [6.45, 7) is 0.166. The lowest BCUT2D eigenvalue weighted by Crippen LogP contribution is -2.42. The number of hydrogen-bond acceptors (Lipinski definition) is 3. The SMILES string of the molecule is O=C(NCc1cc(F)ccc1F)C1CCN(S(=O)(=O)c2cc(Cl)cc(Cl)c2)CC1. The predicted octanol–water partition coefficient (Wildman–Crippen LogP) is 3.99. The third-order valence-corrected chi connectivity index (χ3v) is 7.07. The molecule has 1 fully saturated rings. The van der Waals surface area contributed by atoms with Gasteiger partial charge < -0.3 is 5.32 Å². The number of amides is 1. The molecule has 0 aromatic heterocycles. The number of benzene rings is 2. The molecule has 3 rings (SSSR count). The van der Waals surface area contributed by atoms with E-state index in [1.54, 1.807) is 0 Å². The van der Waals surface area contributed by atoms with Crippen LogP contribution in [0.2, 0.25) is 10.0 Å². The second-order valence-electron chi connectivity index (χ2n) is 6.74. The minimum absolute atomic E-state index is 0.000481. The molecule has 10 heteroatoms. The highest BCUT2D eigenvalue weighted by molar-refractivity contribution is 7.89. The summed E-state index contributed by atoms with van der Waals surface area (Å²) in [4.78, 5) is 12.4. The third-order valence-electron chi connectivity index (χ3n) is 4.76. The molecular weight excluding hydrogens is 445 g/mol. The van der Waals surface area contributed by atoms with E-state index in [4.69, 9.17) is 23.2 Å². The maximum Gasteiger partial charge on any atom is 0.243 e. The fourth-order valence-corrected chi connectivity index (χ4v) is 5.39. The van der Waals surface area contributed by atoms with Crippen molar-refractivity contribution in [3.05, 3.63) is 63.6 Å². The van der Waals surface area contributed by atoms with E-state index in [0.717, 1.165) is 18.2 Å². The van der Waals surface area contributed by atoms with Gasteiger partial charge in [-0.05, 0) is 49.2 Å². The normalized spacial score (nSPS) is 16.0. The predicted molar refractivity (Wildman–Crippen MR) is 106 cm³/mol. The quantitative estimate of drug-likeness (QED) is 0.730. The molecule has 1 amide bonds. The summed E-state index contributed by atoms with van der Waals surface area (Å²) in [7, 11) is -3.78. The maximum absolute atomic E-state index is 13.7. The van der Waals surface area contributed by atoms with Gasteiger partial charge in [0.2, 0.25) is 15.9 Å². The van der Waals surface area contributed by atoms with Gasteiger partial charge in [-0.1, -0.05) is 23.2 Å². The first-order valence-corrected chi connectivity index (χ1v) is 11.0. The Hall–Kier alpha value is -1.74. The van der Waals surface area contributed by atoms with Crippen LogP contribution < -0.4 is 5.32 Å². The molecule has 0 unspecified atom stereocenters. The second kappa shape index (κ2) is 8.95. The number of nitrogens with one attached hydrogen (secondary N) is 1. The van der Waals surface area contributed by atoms with Gasteiger partial charge in [0.1, 0.15) is 11.6 Å². The lowest BCUT2D eigenvalue weighted by molar-refractivity contribution is -0.126. The molecular formula is C19H18Cl2F2N2O3S. The second-order valence-corrected chi connectivity index (χ2v) is 9.55. The molecule has 0 aliphatic carbocycles. The molecule has 1 heterocycles. The Morgan fingerprint density at radius 2 is 1.69 bits per heavy atom. The smallest absolute Gasteiger partial charge is 0.243 e. The van der Waals surface area contributed by atoms with Gasteiger partial charge in [-0.15, -0.1) is 0 Å². The lowest BCUT2D eigenvalue weighted by Gasteiger charge is -2.30. The summed E-state index contributed by atoms with van der Waals surface area (Å²) < 4.78 is 53.7. The van der Waals surface area contributed by atoms with Gasteiger partial charge in [-0.25, -0.2) is 17.2 Å². The highest BCUT2D eigenvalue weighted by atomic mass is 35.5. The average molecular weight is 463 g/mol. The largest absolute Gasteiger partial charge is 0.352 e. The Labute approximate surface area is 177 Å². The number of carbonyl (C=O) groups is 1. The first-order valence-electron chi connectivity index (χ1n) is 8.84. The van der Waals surface area contributed by atoms with Crippen molar-refractivity contribution in [1.82, 2.24) is 9.62 Å². The Balaban J connectivity index is 1.59. The van der Waals surface area contributed by atoms with Crippen LogP contribution in [0.15, 0.2) is 41.3 Å². The fraction of sp³-hybridized carbons (Fsp3) is 0.316. The highest BCUT2D eigenvalue weighted by Gasteiger charge is 2.32. The molecule has 1 N–H and O–H groups in total. The van der Waals surface area contributed by atoms with Crippen molar-refractivity contribution in [2.45, 2.75) is 24.3 Å². The zero-order valence-corrected chi connectivity index (χ0v) is 17.5. The molecule has 2 aromatic carbocycles. The topological polar surface area (TPSA) is 66.5 Å². The number of sulfonamides is 1. The Morgan fingerprint density at radius 3 is 2.31 bits per heavy atom. The summed E-state index contributed by atoms with van der Waals surface area (Å²) in [6, 6.07) is 7.14. The van der Waals surface area contributed by atoms with E-state index in [-0.39, 0.29) is 46.0 Å². The Morgan fingerprint density at radius 1 is 1.07 bits per heavy atom. The minimum atomic E-state index is -3.78. The van der Waals surface area contributed by atoms with Gasteiger partial charge in [0.05, 0.1) is 4.90 Å². The molecule has 1 aliphatic heterocycles. The number of rotatable bonds is 5. The number of piperidine rings is 1. The molecule has 5 nitrogen and oxygen atoms in total. The molecule has 0 spiro atoms. The van der Waals surface area contributed by atoms with E-state index in [9.17, 15) is 22.0 Å². The van der Waals surface area contributed by atoms with Gasteiger partial charge in [0, 0.05) is 41.2 Å². The number of halogens is 4. The molecule has 0 saturated carbocycles. The monoisotopic (exact) mass is 462 g/mol. The van der Waals surface area contributed by atoms with E-state index in [1.165, 1.54) is 22.5 Å². The summed E-state index contributed by atoms with van der Waals surface area (Å²) in [5.41, 5.74) is 0.0520. The van der Waals surface area contributed by atoms with Gasteiger partial charge in [0.15, 0.2) is 0 Å². The molecule has 1 aliphatic rings. The molecule has 156 valence electrons. The molecule has 0 atom stereocenters. The van der Waals surface area contributed by atoms with Crippen molar-refractivity contribution in [2.24, 2.45) is 5.92 Å². The van der Waals surface area contributed by atoms with Crippen molar-refractivity contribution in [1.29, 1.82) is 0 Å². The van der Waals surface area contributed by atoms with Gasteiger partial charge >= 0.3 is 0 Å². The molecule has 2 aromatic rings. The molecule has 1 saturated heterocycles. The summed E-state index contributed by atoms with van der Waals surface area (Å²) in [5.74, 6) is -1.93. The van der Waals surface area contributed by atoms with Gasteiger partial charge in [0.25, 0.3) is 0 Å². The fourth-order valence-electron chi connectivity index (χ4n) is 3.19. The lowest BCUT2D eigenvalue weighted by atomic mass is 9.97. The van der Waals surface area contributed by atoms with E-state index in [2.05, 4.69) is 5.32 Å². The number of carbonyl (C=O) groups excluding carboxylic acids is 1. The first kappa shape index (κ1) is 22.0. The van der Waals surface area contributed by atoms with E-state index >= 15 is 0 Å². The van der Waals surface area contributed by atoms with Gasteiger partial charge in [-0.3, -0.25) is 4.79 Å². The molecule has 0 radical (unpaired) electrons. The maximum atomic E-state index is 13.7. The average Bonchev–Trinajstić information content (AvgIpc) is 2.67. The zero-order chi connectivity index (χ0) is 21.2. The first-order chi connectivity index (χ1) is 13.7. The van der Waals surface area contributed by atoms with Crippen LogP contribution in [0, 0.1) is 17.6 Å². The van der Waals surface area contributed by atoms with E-state index in [1.807, 2.05) is 0 Å². The van der Waals surface area contributed by atoms with Gasteiger partial charge in [-0.2, -0.15) is 4.31 Å². The number of nitrogens with zero attached hydrogens (tertiary/aromatic N) is 1. The zero-order valence-electron chi connectivity index (χ0n) is 15.2. The molecule has 0 bridgehead atoms. The van der Waals surface area contributed by atoms with Crippen LogP contribution in [0.25, 0.3) is 0 Å². The van der Waals surface area contributed by atoms with Crippen molar-refractivity contribution in [3.63, 3.8) is 0 Å². The van der Waals surface area contributed by atoms with Crippen LogP contribution in [-0.4, -0.2) is 31.7 Å². The van der Waals surface area contributed by atoms with Crippen molar-refractivity contribution in [2.75, 3.05) is 13.1 Å². The minimum Gasteiger partial charge on any atom is -0.352 e. The van der Waals surface area contributed by atoms with Crippen LogP contribution in [0.4, 0.5) is 8.78 Å².